The topological polar surface area (TPSA) is 99.0 Å². The molecule has 3 rings (SSSR count). The smallest absolute Gasteiger partial charge is 0.420 e. The molecule has 9 heteroatoms. The van der Waals surface area contributed by atoms with Gasteiger partial charge < -0.3 is 9.47 Å². The van der Waals surface area contributed by atoms with E-state index in [0.717, 1.165) is 0 Å². The van der Waals surface area contributed by atoms with Crippen molar-refractivity contribution in [3.8, 4) is 0 Å². The molecular formula is C12H8N2O6S. The first-order valence-electron chi connectivity index (χ1n) is 5.82. The number of esters is 1. The Labute approximate surface area is 122 Å². The molecule has 0 bridgehead atoms. The highest BCUT2D eigenvalue weighted by Gasteiger charge is 2.47. The van der Waals surface area contributed by atoms with Crippen LogP contribution in [0.3, 0.4) is 0 Å². The number of thioether (sulfide) groups is 1. The number of hydrogen-bond donors (Lipinski definition) is 0. The van der Waals surface area contributed by atoms with Crippen molar-refractivity contribution in [1.29, 1.82) is 0 Å². The molecule has 0 aliphatic carbocycles. The van der Waals surface area contributed by atoms with Gasteiger partial charge in [0.05, 0.1) is 4.92 Å². The van der Waals surface area contributed by atoms with Gasteiger partial charge in [0.1, 0.15) is 12.3 Å². The van der Waals surface area contributed by atoms with E-state index in [1.54, 1.807) is 0 Å². The fraction of sp³-hybridized carbons (Fsp3) is 0.167. The second kappa shape index (κ2) is 5.09. The molecule has 2 aliphatic rings. The van der Waals surface area contributed by atoms with Gasteiger partial charge in [-0.25, -0.2) is 14.5 Å². The van der Waals surface area contributed by atoms with Crippen LogP contribution >= 0.6 is 11.8 Å². The normalized spacial score (nSPS) is 19.2. The van der Waals surface area contributed by atoms with E-state index < -0.39 is 22.5 Å². The number of fused-ring (bicyclic) bond motifs is 1. The van der Waals surface area contributed by atoms with Crippen LogP contribution in [-0.2, 0) is 20.9 Å². The Morgan fingerprint density at radius 2 is 2.14 bits per heavy atom. The molecule has 1 aromatic rings. The van der Waals surface area contributed by atoms with E-state index in [1.165, 1.54) is 46.3 Å². The number of nitro groups is 1. The third-order valence-electron chi connectivity index (χ3n) is 2.89. The van der Waals surface area contributed by atoms with Gasteiger partial charge in [-0.2, -0.15) is 0 Å². The molecule has 21 heavy (non-hydrogen) atoms. The van der Waals surface area contributed by atoms with Gasteiger partial charge in [-0.05, 0) is 17.7 Å². The Morgan fingerprint density at radius 1 is 1.43 bits per heavy atom. The summed E-state index contributed by atoms with van der Waals surface area (Å²) in [6.07, 6.45) is -0.580. The molecule has 1 fully saturated rings. The van der Waals surface area contributed by atoms with Crippen LogP contribution in [0.4, 0.5) is 10.5 Å². The van der Waals surface area contributed by atoms with Crippen LogP contribution in [0.2, 0.25) is 0 Å². The maximum atomic E-state index is 11.9. The predicted molar refractivity (Wildman–Crippen MR) is 70.7 cm³/mol. The van der Waals surface area contributed by atoms with Gasteiger partial charge in [-0.1, -0.05) is 11.8 Å². The summed E-state index contributed by atoms with van der Waals surface area (Å²) in [7, 11) is 0. The van der Waals surface area contributed by atoms with Crippen LogP contribution in [0.5, 0.6) is 0 Å². The number of nitro benzene ring substituents is 1. The molecule has 0 N–H and O–H groups in total. The average Bonchev–Trinajstić information content (AvgIpc) is 2.82. The van der Waals surface area contributed by atoms with Gasteiger partial charge in [0.15, 0.2) is 0 Å². The summed E-state index contributed by atoms with van der Waals surface area (Å²) in [5.41, 5.74) is 0.247. The molecule has 1 amide bonds. The highest BCUT2D eigenvalue weighted by atomic mass is 32.2. The fourth-order valence-corrected chi connectivity index (χ4v) is 2.71. The van der Waals surface area contributed by atoms with Crippen molar-refractivity contribution >= 4 is 29.5 Å². The molecule has 0 saturated carbocycles. The van der Waals surface area contributed by atoms with E-state index in [0.29, 0.717) is 5.56 Å². The third-order valence-corrected chi connectivity index (χ3v) is 3.79. The Hall–Kier alpha value is -2.55. The van der Waals surface area contributed by atoms with Gasteiger partial charge in [0.2, 0.25) is 5.56 Å². The Kier molecular flexibility index (Phi) is 3.26. The molecule has 1 saturated heterocycles. The number of hydrogen-bond acceptors (Lipinski definition) is 7. The molecule has 2 aliphatic heterocycles. The maximum absolute atomic E-state index is 11.9. The minimum atomic E-state index is -0.639. The van der Waals surface area contributed by atoms with E-state index in [1.807, 2.05) is 0 Å². The molecule has 2 heterocycles. The van der Waals surface area contributed by atoms with E-state index in [9.17, 15) is 19.7 Å². The Morgan fingerprint density at radius 3 is 2.76 bits per heavy atom. The lowest BCUT2D eigenvalue weighted by atomic mass is 10.2. The summed E-state index contributed by atoms with van der Waals surface area (Å²) in [6, 6.07) is 5.67. The van der Waals surface area contributed by atoms with Crippen LogP contribution in [0.25, 0.3) is 0 Å². The van der Waals surface area contributed by atoms with E-state index in [-0.39, 0.29) is 18.0 Å². The number of non-ortho nitro benzene ring substituents is 1. The van der Waals surface area contributed by atoms with Crippen LogP contribution in [0.1, 0.15) is 5.56 Å². The highest BCUT2D eigenvalue weighted by Crippen LogP contribution is 2.39. The average molecular weight is 308 g/mol. The highest BCUT2D eigenvalue weighted by molar-refractivity contribution is 8.02. The van der Waals surface area contributed by atoms with Crippen molar-refractivity contribution in [2.75, 3.05) is 0 Å². The summed E-state index contributed by atoms with van der Waals surface area (Å²) in [4.78, 5) is 34.3. The second-order valence-corrected chi connectivity index (χ2v) is 5.11. The van der Waals surface area contributed by atoms with Crippen molar-refractivity contribution < 1.29 is 24.0 Å². The van der Waals surface area contributed by atoms with E-state index in [2.05, 4.69) is 0 Å². The molecular weight excluding hydrogens is 300 g/mol. The van der Waals surface area contributed by atoms with E-state index in [4.69, 9.17) is 9.47 Å². The van der Waals surface area contributed by atoms with Crippen LogP contribution < -0.4 is 0 Å². The minimum absolute atomic E-state index is 0.0353. The first-order chi connectivity index (χ1) is 10.1. The number of carbonyl (C=O) groups excluding carboxylic acids is 2. The monoisotopic (exact) mass is 308 g/mol. The summed E-state index contributed by atoms with van der Waals surface area (Å²) >= 11 is 1.20. The zero-order valence-corrected chi connectivity index (χ0v) is 11.2. The Bertz CT molecular complexity index is 656. The molecule has 108 valence electrons. The van der Waals surface area contributed by atoms with Gasteiger partial charge >= 0.3 is 12.1 Å². The number of nitrogens with zero attached hydrogens (tertiary/aromatic N) is 2. The zero-order chi connectivity index (χ0) is 15.0. The molecule has 0 radical (unpaired) electrons. The van der Waals surface area contributed by atoms with Gasteiger partial charge in [0.25, 0.3) is 5.69 Å². The zero-order valence-electron chi connectivity index (χ0n) is 10.4. The van der Waals surface area contributed by atoms with Gasteiger partial charge in [-0.15, -0.1) is 0 Å². The summed E-state index contributed by atoms with van der Waals surface area (Å²) < 4.78 is 9.84. The molecule has 0 aromatic heterocycles. The molecule has 0 spiro atoms. The Balaban J connectivity index is 1.59. The number of carbonyl (C=O) groups is 2. The van der Waals surface area contributed by atoms with E-state index >= 15 is 0 Å². The number of benzene rings is 1. The molecule has 0 unspecified atom stereocenters. The number of amides is 1. The van der Waals surface area contributed by atoms with Crippen molar-refractivity contribution in [2.24, 2.45) is 0 Å². The quantitative estimate of drug-likeness (QED) is 0.476. The third kappa shape index (κ3) is 2.42. The first kappa shape index (κ1) is 13.4. The minimum Gasteiger partial charge on any atom is -0.456 e. The molecule has 1 aromatic carbocycles. The van der Waals surface area contributed by atoms with Crippen LogP contribution in [-0.4, -0.2) is 27.4 Å². The van der Waals surface area contributed by atoms with Crippen molar-refractivity contribution in [3.63, 3.8) is 0 Å². The summed E-state index contributed by atoms with van der Waals surface area (Å²) in [5, 5.41) is 12.0. The SMILES string of the molecule is O=C(OCc1ccc([N+](=O)[O-])cc1)C1=CS[C@@H]2OC(=O)N12. The van der Waals surface area contributed by atoms with Crippen molar-refractivity contribution in [1.82, 2.24) is 4.90 Å². The number of ether oxygens (including phenoxy) is 2. The number of rotatable bonds is 4. The van der Waals surface area contributed by atoms with Crippen LogP contribution in [0, 0.1) is 10.1 Å². The van der Waals surface area contributed by atoms with Gasteiger partial charge in [-0.3, -0.25) is 10.1 Å². The summed E-state index contributed by atoms with van der Waals surface area (Å²) in [5.74, 6) is -0.639. The lowest BCUT2D eigenvalue weighted by Crippen LogP contribution is -2.50. The van der Waals surface area contributed by atoms with Gasteiger partial charge in [0, 0.05) is 17.5 Å². The maximum Gasteiger partial charge on any atom is 0.420 e. The lowest BCUT2D eigenvalue weighted by molar-refractivity contribution is -0.384. The second-order valence-electron chi connectivity index (χ2n) is 4.20. The first-order valence-corrected chi connectivity index (χ1v) is 6.76. The van der Waals surface area contributed by atoms with Crippen molar-refractivity contribution in [2.45, 2.75) is 12.2 Å². The van der Waals surface area contributed by atoms with Crippen molar-refractivity contribution in [3.05, 3.63) is 51.0 Å². The summed E-state index contributed by atoms with van der Waals surface area (Å²) in [6.45, 7) is -0.0353. The fourth-order valence-electron chi connectivity index (χ4n) is 1.80. The van der Waals surface area contributed by atoms with Crippen LogP contribution in [0.15, 0.2) is 35.4 Å². The largest absolute Gasteiger partial charge is 0.456 e. The standard InChI is InChI=1S/C12H8N2O6S/c15-10(9-6-21-12-13(9)11(16)20-12)19-5-7-1-3-8(4-2-7)14(17)18/h1-4,6,12H,5H2/t12-/m0/s1. The predicted octanol–water partition coefficient (Wildman–Crippen LogP) is 1.96. The lowest BCUT2D eigenvalue weighted by Gasteiger charge is -2.33. The molecule has 1 atom stereocenters. The molecule has 8 nitrogen and oxygen atoms in total.